The van der Waals surface area contributed by atoms with Gasteiger partial charge in [-0.3, -0.25) is 0 Å². The zero-order valence-corrected chi connectivity index (χ0v) is 19.3. The Morgan fingerprint density at radius 1 is 0.939 bits per heavy atom. The lowest BCUT2D eigenvalue weighted by atomic mass is 10.1. The van der Waals surface area contributed by atoms with Crippen LogP contribution in [0.2, 0.25) is 0 Å². The minimum absolute atomic E-state index is 0.458. The molecule has 0 spiro atoms. The second kappa shape index (κ2) is 9.57. The first-order chi connectivity index (χ1) is 16.1. The van der Waals surface area contributed by atoms with Crippen molar-refractivity contribution >= 4 is 11.5 Å². The number of hydrogen-bond donors (Lipinski definition) is 0. The van der Waals surface area contributed by atoms with Gasteiger partial charge in [-0.2, -0.15) is 0 Å². The summed E-state index contributed by atoms with van der Waals surface area (Å²) in [6.07, 6.45) is 9.56. The molecular weight excluding hydrogens is 412 g/mol. The largest absolute Gasteiger partial charge is 0.477 e. The van der Waals surface area contributed by atoms with E-state index in [2.05, 4.69) is 46.9 Å². The average Bonchev–Trinajstić information content (AvgIpc) is 3.50. The van der Waals surface area contributed by atoms with Crippen molar-refractivity contribution in [2.24, 2.45) is 5.92 Å². The van der Waals surface area contributed by atoms with Crippen LogP contribution < -0.4 is 9.64 Å². The smallest absolute Gasteiger partial charge is 0.213 e. The molecule has 33 heavy (non-hydrogen) atoms. The van der Waals surface area contributed by atoms with Crippen LogP contribution in [-0.2, 0) is 12.8 Å². The molecule has 0 N–H and O–H groups in total. The van der Waals surface area contributed by atoms with Crippen LogP contribution in [0.4, 0.5) is 5.82 Å². The molecule has 0 saturated carbocycles. The van der Waals surface area contributed by atoms with E-state index in [1.807, 2.05) is 41.2 Å². The Morgan fingerprint density at radius 2 is 1.82 bits per heavy atom. The highest BCUT2D eigenvalue weighted by Gasteiger charge is 2.17. The van der Waals surface area contributed by atoms with Crippen LogP contribution in [0.15, 0.2) is 55.0 Å². The molecule has 7 nitrogen and oxygen atoms in total. The fourth-order valence-electron chi connectivity index (χ4n) is 4.14. The maximum Gasteiger partial charge on any atom is 0.213 e. The van der Waals surface area contributed by atoms with Crippen molar-refractivity contribution in [2.45, 2.75) is 39.5 Å². The molecule has 0 unspecified atom stereocenters. The second-order valence-electron chi connectivity index (χ2n) is 9.08. The molecule has 170 valence electrons. The van der Waals surface area contributed by atoms with Gasteiger partial charge >= 0.3 is 0 Å². The topological polar surface area (TPSA) is 68.4 Å². The molecule has 1 aliphatic heterocycles. The van der Waals surface area contributed by atoms with Crippen LogP contribution in [0.25, 0.3) is 5.65 Å². The monoisotopic (exact) mass is 442 g/mol. The average molecular weight is 443 g/mol. The van der Waals surface area contributed by atoms with Gasteiger partial charge in [-0.1, -0.05) is 19.9 Å². The summed E-state index contributed by atoms with van der Waals surface area (Å²) in [4.78, 5) is 21.3. The van der Waals surface area contributed by atoms with E-state index in [1.54, 1.807) is 0 Å². The zero-order valence-electron chi connectivity index (χ0n) is 19.3. The number of aromatic nitrogens is 5. The first-order valence-corrected chi connectivity index (χ1v) is 11.7. The molecule has 0 radical (unpaired) electrons. The van der Waals surface area contributed by atoms with Crippen LogP contribution >= 0.6 is 0 Å². The van der Waals surface area contributed by atoms with Crippen molar-refractivity contribution in [3.8, 4) is 5.88 Å². The van der Waals surface area contributed by atoms with E-state index < -0.39 is 0 Å². The number of fused-ring (bicyclic) bond motifs is 1. The predicted molar refractivity (Wildman–Crippen MR) is 129 cm³/mol. The van der Waals surface area contributed by atoms with Crippen molar-refractivity contribution in [3.63, 3.8) is 0 Å². The van der Waals surface area contributed by atoms with E-state index in [4.69, 9.17) is 14.7 Å². The Morgan fingerprint density at radius 3 is 2.67 bits per heavy atom. The number of anilines is 1. The first kappa shape index (κ1) is 21.4. The summed E-state index contributed by atoms with van der Waals surface area (Å²) >= 11 is 0. The maximum atomic E-state index is 5.81. The SMILES string of the molecule is CC(C)COc1cccc(Cc2nc(Cc3ccn4ccnc4c3)cc(N3CCCC3)n2)n1. The second-order valence-corrected chi connectivity index (χ2v) is 9.08. The summed E-state index contributed by atoms with van der Waals surface area (Å²) < 4.78 is 7.83. The lowest BCUT2D eigenvalue weighted by molar-refractivity contribution is 0.261. The highest BCUT2D eigenvalue weighted by molar-refractivity contribution is 5.45. The molecule has 0 amide bonds. The third-order valence-corrected chi connectivity index (χ3v) is 5.77. The van der Waals surface area contributed by atoms with Crippen molar-refractivity contribution in [1.82, 2.24) is 24.3 Å². The summed E-state index contributed by atoms with van der Waals surface area (Å²) in [5.41, 5.74) is 4.07. The maximum absolute atomic E-state index is 5.81. The minimum atomic E-state index is 0.458. The van der Waals surface area contributed by atoms with E-state index in [-0.39, 0.29) is 0 Å². The Bertz CT molecular complexity index is 1230. The van der Waals surface area contributed by atoms with E-state index >= 15 is 0 Å². The molecule has 5 heterocycles. The third kappa shape index (κ3) is 5.30. The van der Waals surface area contributed by atoms with Crippen LogP contribution in [0.3, 0.4) is 0 Å². The summed E-state index contributed by atoms with van der Waals surface area (Å²) in [7, 11) is 0. The van der Waals surface area contributed by atoms with Gasteiger partial charge in [0, 0.05) is 50.2 Å². The molecule has 7 heteroatoms. The third-order valence-electron chi connectivity index (χ3n) is 5.77. The fraction of sp³-hybridized carbons (Fsp3) is 0.385. The fourth-order valence-corrected chi connectivity index (χ4v) is 4.14. The Kier molecular flexibility index (Phi) is 6.19. The highest BCUT2D eigenvalue weighted by Crippen LogP contribution is 2.22. The summed E-state index contributed by atoms with van der Waals surface area (Å²) in [6, 6.07) is 12.3. The van der Waals surface area contributed by atoms with Crippen LogP contribution in [0, 0.1) is 5.92 Å². The molecule has 0 aliphatic carbocycles. The highest BCUT2D eigenvalue weighted by atomic mass is 16.5. The number of ether oxygens (including phenoxy) is 1. The van der Waals surface area contributed by atoms with E-state index in [0.29, 0.717) is 24.8 Å². The van der Waals surface area contributed by atoms with Gasteiger partial charge in [0.1, 0.15) is 17.3 Å². The van der Waals surface area contributed by atoms with Gasteiger partial charge in [0.15, 0.2) is 0 Å². The molecule has 0 atom stereocenters. The van der Waals surface area contributed by atoms with Gasteiger partial charge in [-0.05, 0) is 42.5 Å². The number of pyridine rings is 2. The zero-order chi connectivity index (χ0) is 22.6. The Hall–Kier alpha value is -3.48. The van der Waals surface area contributed by atoms with E-state index in [9.17, 15) is 0 Å². The molecular formula is C26H30N6O. The van der Waals surface area contributed by atoms with Crippen LogP contribution in [-0.4, -0.2) is 44.0 Å². The lowest BCUT2D eigenvalue weighted by Crippen LogP contribution is -2.20. The molecule has 1 fully saturated rings. The molecule has 4 aromatic rings. The van der Waals surface area contributed by atoms with E-state index in [0.717, 1.165) is 48.2 Å². The van der Waals surface area contributed by atoms with Crippen LogP contribution in [0.5, 0.6) is 5.88 Å². The Labute approximate surface area is 194 Å². The number of hydrogen-bond acceptors (Lipinski definition) is 6. The van der Waals surface area contributed by atoms with E-state index in [1.165, 1.54) is 18.4 Å². The molecule has 0 bridgehead atoms. The van der Waals surface area contributed by atoms with Crippen molar-refractivity contribution in [3.05, 3.63) is 77.8 Å². The van der Waals surface area contributed by atoms with Gasteiger partial charge in [0.05, 0.1) is 24.4 Å². The molecule has 4 aromatic heterocycles. The summed E-state index contributed by atoms with van der Waals surface area (Å²) in [6.45, 7) is 7.02. The number of nitrogens with zero attached hydrogens (tertiary/aromatic N) is 6. The quantitative estimate of drug-likeness (QED) is 0.404. The van der Waals surface area contributed by atoms with Gasteiger partial charge in [0.25, 0.3) is 0 Å². The van der Waals surface area contributed by atoms with Gasteiger partial charge < -0.3 is 14.0 Å². The van der Waals surface area contributed by atoms with Crippen molar-refractivity contribution < 1.29 is 4.74 Å². The number of imidazole rings is 1. The molecule has 1 saturated heterocycles. The van der Waals surface area contributed by atoms with Crippen molar-refractivity contribution in [1.29, 1.82) is 0 Å². The first-order valence-electron chi connectivity index (χ1n) is 11.7. The molecule has 0 aromatic carbocycles. The van der Waals surface area contributed by atoms with Gasteiger partial charge in [0.2, 0.25) is 5.88 Å². The lowest BCUT2D eigenvalue weighted by Gasteiger charge is -2.18. The Balaban J connectivity index is 1.41. The van der Waals surface area contributed by atoms with Crippen molar-refractivity contribution in [2.75, 3.05) is 24.6 Å². The standard InChI is InChI=1S/C26H30N6O/c1-19(2)18-33-26-7-5-6-21(29-26)16-23-28-22(17-25(30-23)31-10-3-4-11-31)14-20-8-12-32-13-9-27-24(32)15-20/h5-9,12-13,15,17,19H,3-4,10-11,14,16,18H2,1-2H3. The summed E-state index contributed by atoms with van der Waals surface area (Å²) in [5, 5.41) is 0. The normalized spacial score (nSPS) is 13.8. The molecule has 5 rings (SSSR count). The number of rotatable bonds is 8. The predicted octanol–water partition coefficient (Wildman–Crippen LogP) is 4.34. The molecule has 1 aliphatic rings. The van der Waals surface area contributed by atoms with Gasteiger partial charge in [-0.25, -0.2) is 19.9 Å². The van der Waals surface area contributed by atoms with Crippen LogP contribution in [0.1, 0.15) is 49.5 Å². The van der Waals surface area contributed by atoms with Gasteiger partial charge in [-0.15, -0.1) is 0 Å². The summed E-state index contributed by atoms with van der Waals surface area (Å²) in [5.74, 6) is 2.93. The minimum Gasteiger partial charge on any atom is -0.477 e.